The summed E-state index contributed by atoms with van der Waals surface area (Å²) < 4.78 is 97.8. The first-order valence-corrected chi connectivity index (χ1v) is 10.8. The highest BCUT2D eigenvalue weighted by Crippen LogP contribution is 2.32. The molecule has 0 radical (unpaired) electrons. The molecule has 0 aliphatic carbocycles. The van der Waals surface area contributed by atoms with E-state index in [9.17, 15) is 26.3 Å². The minimum absolute atomic E-state index is 0.0240. The van der Waals surface area contributed by atoms with E-state index in [1.54, 1.807) is 6.07 Å². The summed E-state index contributed by atoms with van der Waals surface area (Å²) >= 11 is 0. The summed E-state index contributed by atoms with van der Waals surface area (Å²) in [5.41, 5.74) is 11.5. The fraction of sp³-hybridized carbons (Fsp3) is 0.318. The molecular formula is C22H22F6N6O3. The molecule has 0 amide bonds. The summed E-state index contributed by atoms with van der Waals surface area (Å²) in [6.45, 7) is 1.50. The van der Waals surface area contributed by atoms with Gasteiger partial charge >= 0.3 is 6.01 Å². The number of hydrogen-bond acceptors (Lipinski definition) is 9. The number of aromatic nitrogens is 3. The maximum atomic E-state index is 14.1. The molecule has 0 spiro atoms. The highest BCUT2D eigenvalue weighted by Gasteiger charge is 2.28. The van der Waals surface area contributed by atoms with E-state index < -0.39 is 52.6 Å². The molecule has 0 atom stereocenters. The number of nitrogen functional groups attached to an aromatic ring is 1. The van der Waals surface area contributed by atoms with Crippen LogP contribution >= 0.6 is 0 Å². The molecule has 0 saturated carbocycles. The Kier molecular flexibility index (Phi) is 9.82. The second-order valence-corrected chi connectivity index (χ2v) is 7.34. The van der Waals surface area contributed by atoms with E-state index in [1.165, 1.54) is 23.1 Å². The number of benzene rings is 2. The van der Waals surface area contributed by atoms with E-state index in [0.717, 1.165) is 0 Å². The van der Waals surface area contributed by atoms with Crippen LogP contribution in [0.2, 0.25) is 0 Å². The Morgan fingerprint density at radius 1 is 0.784 bits per heavy atom. The zero-order valence-electron chi connectivity index (χ0n) is 19.2. The Hall–Kier alpha value is -3.69. The maximum absolute atomic E-state index is 14.1. The van der Waals surface area contributed by atoms with Crippen molar-refractivity contribution in [3.8, 4) is 11.8 Å². The van der Waals surface area contributed by atoms with Gasteiger partial charge in [-0.15, -0.1) is 0 Å². The molecule has 0 fully saturated rings. The number of rotatable bonds is 13. The normalized spacial score (nSPS) is 11.1. The second-order valence-electron chi connectivity index (χ2n) is 7.34. The van der Waals surface area contributed by atoms with Crippen LogP contribution in [0.25, 0.3) is 0 Å². The Labute approximate surface area is 207 Å². The minimum atomic E-state index is -2.35. The topological polar surface area (TPSA) is 122 Å². The third-order valence-electron chi connectivity index (χ3n) is 4.67. The monoisotopic (exact) mass is 532 g/mol. The smallest absolute Gasteiger partial charge is 0.328 e. The molecule has 15 heteroatoms. The van der Waals surface area contributed by atoms with E-state index in [1.807, 2.05) is 0 Å². The van der Waals surface area contributed by atoms with Gasteiger partial charge in [0, 0.05) is 19.6 Å². The molecule has 4 N–H and O–H groups in total. The van der Waals surface area contributed by atoms with Gasteiger partial charge in [0.2, 0.25) is 46.7 Å². The first kappa shape index (κ1) is 27.9. The number of halogens is 6. The number of nitrogens with zero attached hydrogens (tertiary/aromatic N) is 4. The highest BCUT2D eigenvalue weighted by atomic mass is 19.2. The lowest BCUT2D eigenvalue weighted by Gasteiger charge is -2.23. The van der Waals surface area contributed by atoms with Crippen molar-refractivity contribution >= 4 is 11.9 Å². The van der Waals surface area contributed by atoms with Crippen molar-refractivity contribution in [2.75, 3.05) is 50.2 Å². The Morgan fingerprint density at radius 2 is 1.43 bits per heavy atom. The molecule has 2 aromatic carbocycles. The molecule has 37 heavy (non-hydrogen) atoms. The van der Waals surface area contributed by atoms with Crippen molar-refractivity contribution in [2.45, 2.75) is 6.54 Å². The van der Waals surface area contributed by atoms with Crippen molar-refractivity contribution in [2.24, 2.45) is 5.73 Å². The van der Waals surface area contributed by atoms with E-state index in [0.29, 0.717) is 25.3 Å². The molecule has 1 heterocycles. The first-order chi connectivity index (χ1) is 17.7. The van der Waals surface area contributed by atoms with Gasteiger partial charge in [-0.25, -0.2) is 17.6 Å². The average molecular weight is 532 g/mol. The number of hydrogen-bond donors (Lipinski definition) is 2. The summed E-state index contributed by atoms with van der Waals surface area (Å²) in [6, 6.07) is 4.76. The van der Waals surface area contributed by atoms with Crippen LogP contribution in [-0.2, 0) is 16.0 Å². The predicted molar refractivity (Wildman–Crippen MR) is 119 cm³/mol. The Bertz CT molecular complexity index is 1190. The van der Waals surface area contributed by atoms with Gasteiger partial charge in [-0.3, -0.25) is 0 Å². The molecule has 0 bridgehead atoms. The molecule has 1 aromatic heterocycles. The quantitative estimate of drug-likeness (QED) is 0.148. The van der Waals surface area contributed by atoms with Crippen LogP contribution in [0.15, 0.2) is 24.3 Å². The molecule has 0 aliphatic heterocycles. The summed E-state index contributed by atoms with van der Waals surface area (Å²) in [5.74, 6) is -14.0. The van der Waals surface area contributed by atoms with E-state index in [-0.39, 0.29) is 32.3 Å². The van der Waals surface area contributed by atoms with Gasteiger partial charge < -0.3 is 30.6 Å². The van der Waals surface area contributed by atoms with Crippen LogP contribution in [-0.4, -0.2) is 54.5 Å². The maximum Gasteiger partial charge on any atom is 0.328 e. The molecule has 0 saturated heterocycles. The van der Waals surface area contributed by atoms with Crippen LogP contribution in [0.4, 0.5) is 38.2 Å². The summed E-state index contributed by atoms with van der Waals surface area (Å²) in [6.07, 6.45) is 0. The van der Waals surface area contributed by atoms with Crippen molar-refractivity contribution < 1.29 is 40.6 Å². The van der Waals surface area contributed by atoms with Gasteiger partial charge in [-0.1, -0.05) is 12.1 Å². The number of nitrogens with two attached hydrogens (primary N) is 2. The average Bonchev–Trinajstić information content (AvgIpc) is 2.87. The van der Waals surface area contributed by atoms with Gasteiger partial charge in [-0.2, -0.15) is 23.7 Å². The summed E-state index contributed by atoms with van der Waals surface area (Å²) in [5, 5.41) is 0. The zero-order valence-corrected chi connectivity index (χ0v) is 19.2. The fourth-order valence-electron chi connectivity index (χ4n) is 3.00. The number of anilines is 2. The van der Waals surface area contributed by atoms with Gasteiger partial charge in [0.15, 0.2) is 0 Å². The molecule has 0 unspecified atom stereocenters. The van der Waals surface area contributed by atoms with Crippen LogP contribution in [0.3, 0.4) is 0 Å². The van der Waals surface area contributed by atoms with Crippen LogP contribution in [0.5, 0.6) is 11.8 Å². The van der Waals surface area contributed by atoms with Crippen LogP contribution in [0, 0.1) is 34.9 Å². The first-order valence-electron chi connectivity index (χ1n) is 10.8. The Balaban J connectivity index is 1.85. The van der Waals surface area contributed by atoms with Gasteiger partial charge in [0.1, 0.15) is 5.82 Å². The molecule has 3 rings (SSSR count). The van der Waals surface area contributed by atoms with Gasteiger partial charge in [-0.05, 0) is 17.7 Å². The lowest BCUT2D eigenvalue weighted by atomic mass is 10.2. The minimum Gasteiger partial charge on any atom is -0.418 e. The van der Waals surface area contributed by atoms with Gasteiger partial charge in [0.05, 0.1) is 26.4 Å². The van der Waals surface area contributed by atoms with Crippen LogP contribution in [0.1, 0.15) is 5.56 Å². The molecule has 3 aromatic rings. The van der Waals surface area contributed by atoms with Crippen molar-refractivity contribution in [3.63, 3.8) is 0 Å². The molecule has 0 aliphatic rings. The molecule has 9 nitrogen and oxygen atoms in total. The Morgan fingerprint density at radius 3 is 2.08 bits per heavy atom. The third kappa shape index (κ3) is 7.41. The highest BCUT2D eigenvalue weighted by molar-refractivity contribution is 5.39. The zero-order chi connectivity index (χ0) is 26.9. The molecular weight excluding hydrogens is 510 g/mol. The summed E-state index contributed by atoms with van der Waals surface area (Å²) in [7, 11) is 0. The van der Waals surface area contributed by atoms with Gasteiger partial charge in [0.25, 0.3) is 0 Å². The predicted octanol–water partition coefficient (Wildman–Crippen LogP) is 3.08. The largest absolute Gasteiger partial charge is 0.418 e. The van der Waals surface area contributed by atoms with E-state index >= 15 is 0 Å². The SMILES string of the molecule is NCCOCCOCCN(Cc1cccc(F)c1)c1nc(N)nc(Oc2c(F)c(F)c(F)c(F)c2F)n1. The van der Waals surface area contributed by atoms with E-state index in [4.69, 9.17) is 25.7 Å². The van der Waals surface area contributed by atoms with Crippen molar-refractivity contribution in [1.29, 1.82) is 0 Å². The third-order valence-corrected chi connectivity index (χ3v) is 4.67. The van der Waals surface area contributed by atoms with E-state index in [2.05, 4.69) is 15.0 Å². The van der Waals surface area contributed by atoms with Crippen molar-refractivity contribution in [1.82, 2.24) is 15.0 Å². The lowest BCUT2D eigenvalue weighted by Crippen LogP contribution is -2.30. The summed E-state index contributed by atoms with van der Waals surface area (Å²) in [4.78, 5) is 12.8. The fourth-order valence-corrected chi connectivity index (χ4v) is 3.00. The number of ether oxygens (including phenoxy) is 3. The lowest BCUT2D eigenvalue weighted by molar-refractivity contribution is 0.0532. The van der Waals surface area contributed by atoms with Crippen LogP contribution < -0.4 is 21.1 Å². The van der Waals surface area contributed by atoms with Crippen molar-refractivity contribution in [3.05, 3.63) is 64.7 Å². The standard InChI is InChI=1S/C22H22F6N6O3/c23-13-3-1-2-12(10-13)11-34(5-7-36-9-8-35-6-4-29)21-31-20(30)32-22(33-21)37-19-17(27)15(25)14(24)16(26)18(19)28/h1-3,10H,4-9,11,29H2,(H2,30,31,32,33). The second kappa shape index (κ2) is 13.0. The molecule has 200 valence electrons.